The lowest BCUT2D eigenvalue weighted by Crippen LogP contribution is -2.34. The molecule has 1 aromatic carbocycles. The van der Waals surface area contributed by atoms with Gasteiger partial charge in [0.2, 0.25) is 5.91 Å². The smallest absolute Gasteiger partial charge is 0.248 e. The summed E-state index contributed by atoms with van der Waals surface area (Å²) in [6.45, 7) is 3.59. The van der Waals surface area contributed by atoms with E-state index in [-0.39, 0.29) is 10.9 Å². The molecular weight excluding hydrogens is 297 g/mol. The molecule has 0 spiro atoms. The molecule has 0 aliphatic carbocycles. The van der Waals surface area contributed by atoms with Gasteiger partial charge < -0.3 is 15.2 Å². The predicted octanol–water partition coefficient (Wildman–Crippen LogP) is 3.60. The van der Waals surface area contributed by atoms with Gasteiger partial charge in [-0.2, -0.15) is 0 Å². The molecule has 2 rings (SSSR count). The molecule has 2 aromatic rings. The Bertz CT molecular complexity index is 645. The molecule has 1 atom stereocenters. The molecule has 112 valence electrons. The first-order valence-corrected chi connectivity index (χ1v) is 6.83. The van der Waals surface area contributed by atoms with Crippen LogP contribution in [0.15, 0.2) is 28.8 Å². The number of aryl methyl sites for hydroxylation is 1. The highest BCUT2D eigenvalue weighted by molar-refractivity contribution is 6.31. The van der Waals surface area contributed by atoms with Crippen molar-refractivity contribution in [2.75, 3.05) is 10.6 Å². The molecule has 1 amide bonds. The molecule has 0 saturated heterocycles. The van der Waals surface area contributed by atoms with Crippen molar-refractivity contribution in [1.82, 2.24) is 5.16 Å². The zero-order valence-corrected chi connectivity index (χ0v) is 12.4. The maximum atomic E-state index is 13.1. The minimum atomic E-state index is -0.502. The summed E-state index contributed by atoms with van der Waals surface area (Å²) in [6, 6.07) is 5.34. The van der Waals surface area contributed by atoms with Crippen LogP contribution in [0.25, 0.3) is 0 Å². The number of rotatable bonds is 5. The van der Waals surface area contributed by atoms with Crippen molar-refractivity contribution in [3.63, 3.8) is 0 Å². The van der Waals surface area contributed by atoms with Gasteiger partial charge in [0.05, 0.1) is 5.02 Å². The van der Waals surface area contributed by atoms with E-state index in [4.69, 9.17) is 16.1 Å². The number of benzene rings is 1. The van der Waals surface area contributed by atoms with Gasteiger partial charge in [0.1, 0.15) is 17.6 Å². The minimum absolute atomic E-state index is 0.00221. The number of hydrogen-bond acceptors (Lipinski definition) is 4. The van der Waals surface area contributed by atoms with E-state index < -0.39 is 11.9 Å². The molecular formula is C14H15ClFN3O2. The second kappa shape index (κ2) is 6.58. The van der Waals surface area contributed by atoms with E-state index in [0.717, 1.165) is 0 Å². The van der Waals surface area contributed by atoms with Crippen LogP contribution >= 0.6 is 11.6 Å². The Kier molecular flexibility index (Phi) is 4.80. The maximum Gasteiger partial charge on any atom is 0.248 e. The summed E-state index contributed by atoms with van der Waals surface area (Å²) in [5.41, 5.74) is 0.569. The quantitative estimate of drug-likeness (QED) is 0.885. The van der Waals surface area contributed by atoms with Crippen LogP contribution in [0.1, 0.15) is 19.1 Å². The van der Waals surface area contributed by atoms with E-state index in [1.165, 1.54) is 18.2 Å². The molecule has 7 heteroatoms. The topological polar surface area (TPSA) is 67.2 Å². The number of nitrogens with one attached hydrogen (secondary N) is 2. The summed E-state index contributed by atoms with van der Waals surface area (Å²) in [7, 11) is 0. The Morgan fingerprint density at radius 2 is 2.24 bits per heavy atom. The first-order chi connectivity index (χ1) is 9.99. The second-order valence-electron chi connectivity index (χ2n) is 4.55. The fourth-order valence-electron chi connectivity index (χ4n) is 1.78. The maximum absolute atomic E-state index is 13.1. The fraction of sp³-hybridized carbons (Fsp3) is 0.286. The van der Waals surface area contributed by atoms with Gasteiger partial charge in [-0.25, -0.2) is 4.39 Å². The number of carbonyl (C=O) groups is 1. The summed E-state index contributed by atoms with van der Waals surface area (Å²) in [5, 5.41) is 9.35. The van der Waals surface area contributed by atoms with Crippen LogP contribution < -0.4 is 10.6 Å². The van der Waals surface area contributed by atoms with Gasteiger partial charge in [-0.05, 0) is 31.5 Å². The molecule has 0 unspecified atom stereocenters. The Labute approximate surface area is 126 Å². The van der Waals surface area contributed by atoms with Crippen LogP contribution in [-0.4, -0.2) is 17.1 Å². The van der Waals surface area contributed by atoms with Crippen molar-refractivity contribution in [3.8, 4) is 0 Å². The van der Waals surface area contributed by atoms with Crippen molar-refractivity contribution >= 4 is 29.0 Å². The molecule has 1 heterocycles. The standard InChI is InChI=1S/C14H15ClFN3O2/c1-3-12(14(20)18-13-6-8(2)21-19-13)17-9-4-5-11(16)10(15)7-9/h4-7,12,17H,3H2,1-2H3,(H,18,19,20)/t12-/m0/s1. The largest absolute Gasteiger partial charge is 0.374 e. The summed E-state index contributed by atoms with van der Waals surface area (Å²) < 4.78 is 18.0. The van der Waals surface area contributed by atoms with Crippen molar-refractivity contribution in [1.29, 1.82) is 0 Å². The van der Waals surface area contributed by atoms with Crippen LogP contribution in [0.5, 0.6) is 0 Å². The monoisotopic (exact) mass is 311 g/mol. The Morgan fingerprint density at radius 3 is 2.81 bits per heavy atom. The van der Waals surface area contributed by atoms with Gasteiger partial charge in [-0.15, -0.1) is 0 Å². The lowest BCUT2D eigenvalue weighted by Gasteiger charge is -2.17. The van der Waals surface area contributed by atoms with E-state index in [9.17, 15) is 9.18 Å². The Hall–Kier alpha value is -2.08. The van der Waals surface area contributed by atoms with Crippen molar-refractivity contribution in [2.45, 2.75) is 26.3 Å². The lowest BCUT2D eigenvalue weighted by atomic mass is 10.2. The molecule has 2 N–H and O–H groups in total. The summed E-state index contributed by atoms with van der Waals surface area (Å²) >= 11 is 5.71. The summed E-state index contributed by atoms with van der Waals surface area (Å²) in [5.74, 6) is 0.204. The first kappa shape index (κ1) is 15.3. The molecule has 0 aliphatic heterocycles. The third-order valence-electron chi connectivity index (χ3n) is 2.86. The van der Waals surface area contributed by atoms with Gasteiger partial charge in [-0.3, -0.25) is 4.79 Å². The molecule has 0 radical (unpaired) electrons. The van der Waals surface area contributed by atoms with E-state index in [0.29, 0.717) is 23.7 Å². The zero-order chi connectivity index (χ0) is 15.4. The van der Waals surface area contributed by atoms with E-state index in [1.54, 1.807) is 13.0 Å². The van der Waals surface area contributed by atoms with E-state index >= 15 is 0 Å². The minimum Gasteiger partial charge on any atom is -0.374 e. The van der Waals surface area contributed by atoms with Crippen LogP contribution in [-0.2, 0) is 4.79 Å². The van der Waals surface area contributed by atoms with Crippen LogP contribution in [0.4, 0.5) is 15.9 Å². The third kappa shape index (κ3) is 3.95. The van der Waals surface area contributed by atoms with Gasteiger partial charge in [-0.1, -0.05) is 23.7 Å². The Morgan fingerprint density at radius 1 is 1.48 bits per heavy atom. The normalized spacial score (nSPS) is 12.0. The Balaban J connectivity index is 2.04. The van der Waals surface area contributed by atoms with Crippen molar-refractivity contribution < 1.29 is 13.7 Å². The summed E-state index contributed by atoms with van der Waals surface area (Å²) in [6.07, 6.45) is 0.539. The molecule has 0 saturated carbocycles. The van der Waals surface area contributed by atoms with Crippen molar-refractivity contribution in [2.24, 2.45) is 0 Å². The lowest BCUT2D eigenvalue weighted by molar-refractivity contribution is -0.117. The number of halogens is 2. The van der Waals surface area contributed by atoms with E-state index in [1.807, 2.05) is 6.92 Å². The van der Waals surface area contributed by atoms with Gasteiger partial charge in [0.15, 0.2) is 5.82 Å². The number of carbonyl (C=O) groups excluding carboxylic acids is 1. The zero-order valence-electron chi connectivity index (χ0n) is 11.6. The molecule has 5 nitrogen and oxygen atoms in total. The van der Waals surface area contributed by atoms with Crippen molar-refractivity contribution in [3.05, 3.63) is 40.9 Å². The van der Waals surface area contributed by atoms with Crippen LogP contribution in [0.3, 0.4) is 0 Å². The predicted molar refractivity (Wildman–Crippen MR) is 79.0 cm³/mol. The summed E-state index contributed by atoms with van der Waals surface area (Å²) in [4.78, 5) is 12.1. The van der Waals surface area contributed by atoms with Gasteiger partial charge in [0.25, 0.3) is 0 Å². The first-order valence-electron chi connectivity index (χ1n) is 6.45. The highest BCUT2D eigenvalue weighted by atomic mass is 35.5. The molecule has 1 aromatic heterocycles. The fourth-order valence-corrected chi connectivity index (χ4v) is 1.96. The number of anilines is 2. The average molecular weight is 312 g/mol. The SMILES string of the molecule is CC[C@H](Nc1ccc(F)c(Cl)c1)C(=O)Nc1cc(C)on1. The number of aromatic nitrogens is 1. The van der Waals surface area contributed by atoms with Gasteiger partial charge >= 0.3 is 0 Å². The number of amides is 1. The molecule has 0 aliphatic rings. The molecule has 0 bridgehead atoms. The third-order valence-corrected chi connectivity index (χ3v) is 3.15. The van der Waals surface area contributed by atoms with Crippen LogP contribution in [0, 0.1) is 12.7 Å². The second-order valence-corrected chi connectivity index (χ2v) is 4.95. The molecule has 0 fully saturated rings. The van der Waals surface area contributed by atoms with Gasteiger partial charge in [0, 0.05) is 11.8 Å². The highest BCUT2D eigenvalue weighted by Gasteiger charge is 2.18. The molecule has 21 heavy (non-hydrogen) atoms. The van der Waals surface area contributed by atoms with E-state index in [2.05, 4.69) is 15.8 Å². The number of hydrogen-bond donors (Lipinski definition) is 2. The average Bonchev–Trinajstić information content (AvgIpc) is 2.85. The highest BCUT2D eigenvalue weighted by Crippen LogP contribution is 2.20. The number of nitrogens with zero attached hydrogens (tertiary/aromatic N) is 1. The van der Waals surface area contributed by atoms with Crippen LogP contribution in [0.2, 0.25) is 5.02 Å².